The number of nitrogens with one attached hydrogen (secondary N) is 1. The van der Waals surface area contributed by atoms with Gasteiger partial charge in [0.1, 0.15) is 5.76 Å². The van der Waals surface area contributed by atoms with Crippen molar-refractivity contribution in [3.63, 3.8) is 0 Å². The van der Waals surface area contributed by atoms with E-state index < -0.39 is 0 Å². The van der Waals surface area contributed by atoms with Crippen LogP contribution in [0.15, 0.2) is 182 Å². The minimum Gasteiger partial charge on any atom is -0.468 e. The third-order valence-corrected chi connectivity index (χ3v) is 10.1. The Hall–Kier alpha value is -6.86. The second kappa shape index (κ2) is 12.5. The van der Waals surface area contributed by atoms with Gasteiger partial charge in [-0.15, -0.1) is 0 Å². The lowest BCUT2D eigenvalue weighted by molar-refractivity contribution is 0.116. The molecule has 52 heavy (non-hydrogen) atoms. The summed E-state index contributed by atoms with van der Waals surface area (Å²) in [5, 5.41) is 3.61. The topological polar surface area (TPSA) is 76.1 Å². The molecule has 248 valence electrons. The zero-order valence-corrected chi connectivity index (χ0v) is 28.0. The summed E-state index contributed by atoms with van der Waals surface area (Å²) in [6, 6.07) is 46.3. The number of para-hydroxylation sites is 1. The molecule has 7 aromatic rings. The van der Waals surface area contributed by atoms with Gasteiger partial charge in [0.25, 0.3) is 0 Å². The van der Waals surface area contributed by atoms with E-state index in [1.165, 1.54) is 11.3 Å². The number of nitrogens with zero attached hydrogens (tertiary/aromatic N) is 5. The first-order valence-corrected chi connectivity index (χ1v) is 17.5. The van der Waals surface area contributed by atoms with Gasteiger partial charge in [-0.3, -0.25) is 9.97 Å². The van der Waals surface area contributed by atoms with Crippen LogP contribution in [0.5, 0.6) is 0 Å². The number of hydrogen-bond acceptors (Lipinski definition) is 7. The molecular weight excluding hydrogens is 641 g/mol. The summed E-state index contributed by atoms with van der Waals surface area (Å²) in [5.41, 5.74) is 12.6. The highest BCUT2D eigenvalue weighted by molar-refractivity contribution is 5.79. The molecule has 3 aromatic heterocycles. The molecule has 0 saturated heterocycles. The molecule has 3 unspecified atom stereocenters. The molecule has 0 spiro atoms. The summed E-state index contributed by atoms with van der Waals surface area (Å²) in [6.07, 6.45) is 11.5. The molecular formula is C45H32N6O. The van der Waals surface area contributed by atoms with Gasteiger partial charge in [0.15, 0.2) is 12.1 Å². The maximum absolute atomic E-state index is 6.68. The molecule has 10 rings (SSSR count). The highest BCUT2D eigenvalue weighted by Crippen LogP contribution is 2.53. The molecule has 4 aromatic carbocycles. The van der Waals surface area contributed by atoms with Crippen LogP contribution in [-0.2, 0) is 4.74 Å². The second-order valence-corrected chi connectivity index (χ2v) is 13.1. The maximum Gasteiger partial charge on any atom is 0.196 e. The Morgan fingerprint density at radius 2 is 1.17 bits per heavy atom. The zero-order valence-electron chi connectivity index (χ0n) is 28.0. The molecule has 0 bridgehead atoms. The number of aromatic nitrogens is 4. The Morgan fingerprint density at radius 1 is 0.577 bits per heavy atom. The van der Waals surface area contributed by atoms with Crippen LogP contribution in [0.2, 0.25) is 0 Å². The van der Waals surface area contributed by atoms with Crippen molar-refractivity contribution in [3.05, 3.63) is 193 Å². The molecule has 3 aliphatic rings. The fourth-order valence-corrected chi connectivity index (χ4v) is 7.59. The van der Waals surface area contributed by atoms with E-state index in [2.05, 4.69) is 135 Å². The summed E-state index contributed by atoms with van der Waals surface area (Å²) in [7, 11) is 0. The fourth-order valence-electron chi connectivity index (χ4n) is 7.59. The summed E-state index contributed by atoms with van der Waals surface area (Å²) < 4.78 is 6.68. The predicted molar refractivity (Wildman–Crippen MR) is 204 cm³/mol. The van der Waals surface area contributed by atoms with Crippen LogP contribution in [0.1, 0.15) is 23.3 Å². The van der Waals surface area contributed by atoms with Crippen molar-refractivity contribution >= 4 is 11.4 Å². The van der Waals surface area contributed by atoms with E-state index in [0.29, 0.717) is 5.82 Å². The van der Waals surface area contributed by atoms with E-state index in [9.17, 15) is 0 Å². The van der Waals surface area contributed by atoms with E-state index in [1.807, 2.05) is 42.7 Å². The zero-order chi connectivity index (χ0) is 34.4. The van der Waals surface area contributed by atoms with Gasteiger partial charge in [-0.25, -0.2) is 9.97 Å². The Bertz CT molecular complexity index is 2470. The quantitative estimate of drug-likeness (QED) is 0.189. The van der Waals surface area contributed by atoms with Crippen LogP contribution in [-0.4, -0.2) is 26.0 Å². The van der Waals surface area contributed by atoms with Crippen molar-refractivity contribution in [2.45, 2.75) is 18.2 Å². The third kappa shape index (κ3) is 5.22. The smallest absolute Gasteiger partial charge is 0.196 e. The molecule has 7 heteroatoms. The van der Waals surface area contributed by atoms with Gasteiger partial charge < -0.3 is 15.0 Å². The maximum atomic E-state index is 6.68. The Balaban J connectivity index is 0.986. The summed E-state index contributed by atoms with van der Waals surface area (Å²) in [5.74, 6) is 1.73. The van der Waals surface area contributed by atoms with E-state index in [1.54, 1.807) is 12.4 Å². The third-order valence-electron chi connectivity index (χ3n) is 10.1. The Morgan fingerprint density at radius 3 is 1.88 bits per heavy atom. The fraction of sp³-hybridized carbons (Fsp3) is 0.0667. The molecule has 1 aliphatic carbocycles. The first kappa shape index (κ1) is 30.0. The highest BCUT2D eigenvalue weighted by Gasteiger charge is 2.46. The van der Waals surface area contributed by atoms with Crippen molar-refractivity contribution in [2.24, 2.45) is 0 Å². The van der Waals surface area contributed by atoms with E-state index in [4.69, 9.17) is 14.7 Å². The number of benzene rings is 4. The van der Waals surface area contributed by atoms with Crippen molar-refractivity contribution in [1.82, 2.24) is 25.3 Å². The van der Waals surface area contributed by atoms with Gasteiger partial charge in [0.05, 0.1) is 29.0 Å². The number of rotatable bonds is 6. The molecule has 0 radical (unpaired) electrons. The molecule has 0 fully saturated rings. The lowest BCUT2D eigenvalue weighted by Gasteiger charge is -2.30. The first-order valence-electron chi connectivity index (χ1n) is 17.5. The molecule has 5 heterocycles. The van der Waals surface area contributed by atoms with Gasteiger partial charge in [0.2, 0.25) is 0 Å². The summed E-state index contributed by atoms with van der Waals surface area (Å²) >= 11 is 0. The lowest BCUT2D eigenvalue weighted by Crippen LogP contribution is -2.31. The monoisotopic (exact) mass is 672 g/mol. The number of ether oxygens (including phenoxy) is 1. The highest BCUT2D eigenvalue weighted by atomic mass is 16.5. The van der Waals surface area contributed by atoms with Gasteiger partial charge in [-0.2, -0.15) is 0 Å². The molecule has 0 amide bonds. The van der Waals surface area contributed by atoms with Crippen molar-refractivity contribution in [3.8, 4) is 45.0 Å². The van der Waals surface area contributed by atoms with Gasteiger partial charge in [-0.1, -0.05) is 91.0 Å². The van der Waals surface area contributed by atoms with Crippen LogP contribution in [0.25, 0.3) is 45.0 Å². The minimum absolute atomic E-state index is 0.0781. The predicted octanol–water partition coefficient (Wildman–Crippen LogP) is 9.64. The summed E-state index contributed by atoms with van der Waals surface area (Å²) in [4.78, 5) is 20.9. The van der Waals surface area contributed by atoms with Crippen LogP contribution in [0.4, 0.5) is 11.4 Å². The normalized spacial score (nSPS) is 18.3. The van der Waals surface area contributed by atoms with Gasteiger partial charge in [0, 0.05) is 58.4 Å². The first-order chi connectivity index (χ1) is 25.8. The van der Waals surface area contributed by atoms with E-state index in [-0.39, 0.29) is 18.2 Å². The average Bonchev–Trinajstić information content (AvgIpc) is 3.82. The Kier molecular flexibility index (Phi) is 7.20. The SMILES string of the molecule is C1=CC2C(C3=C1NC(c1ccccc1)O3)c1ccccc1N2c1ccc(-c2cc(-c3ccc(-c4ccncc4)cc3)nc(-c3ccncc3)n2)cc1. The van der Waals surface area contributed by atoms with Gasteiger partial charge >= 0.3 is 0 Å². The molecule has 2 aliphatic heterocycles. The van der Waals surface area contributed by atoms with E-state index >= 15 is 0 Å². The summed E-state index contributed by atoms with van der Waals surface area (Å²) in [6.45, 7) is 0. The number of pyridine rings is 2. The average molecular weight is 673 g/mol. The number of allylic oxidation sites excluding steroid dienone is 1. The van der Waals surface area contributed by atoms with Crippen LogP contribution in [0, 0.1) is 0 Å². The van der Waals surface area contributed by atoms with Crippen molar-refractivity contribution in [1.29, 1.82) is 0 Å². The second-order valence-electron chi connectivity index (χ2n) is 13.1. The van der Waals surface area contributed by atoms with Crippen LogP contribution < -0.4 is 10.2 Å². The van der Waals surface area contributed by atoms with Crippen LogP contribution >= 0.6 is 0 Å². The standard InChI is InChI=1S/C45H32N6O/c1-2-6-34(7-3-1)45-50-37-18-19-41-42(43(37)52-45)36-8-4-5-9-40(36)51(41)35-16-14-32(15-17-35)39-28-38(48-44(49-39)33-22-26-47-27-23-33)31-12-10-29(11-13-31)30-20-24-46-25-21-30/h1-28,41-42,45,50H. The lowest BCUT2D eigenvalue weighted by atomic mass is 9.88. The number of anilines is 2. The molecule has 0 saturated carbocycles. The molecule has 7 nitrogen and oxygen atoms in total. The van der Waals surface area contributed by atoms with Crippen LogP contribution in [0.3, 0.4) is 0 Å². The number of hydrogen-bond donors (Lipinski definition) is 1. The van der Waals surface area contributed by atoms with Gasteiger partial charge in [-0.05, 0) is 71.3 Å². The van der Waals surface area contributed by atoms with E-state index in [0.717, 1.165) is 61.9 Å². The van der Waals surface area contributed by atoms with Crippen molar-refractivity contribution < 1.29 is 4.74 Å². The molecule has 3 atom stereocenters. The Labute approximate surface area is 301 Å². The largest absolute Gasteiger partial charge is 0.468 e. The number of fused-ring (bicyclic) bond motifs is 4. The molecule has 1 N–H and O–H groups in total. The minimum atomic E-state index is -0.204. The van der Waals surface area contributed by atoms with Crippen molar-refractivity contribution in [2.75, 3.05) is 4.90 Å².